The second kappa shape index (κ2) is 7.58. The van der Waals surface area contributed by atoms with E-state index in [0.29, 0.717) is 5.69 Å². The van der Waals surface area contributed by atoms with Gasteiger partial charge in [0.2, 0.25) is 0 Å². The summed E-state index contributed by atoms with van der Waals surface area (Å²) >= 11 is 3.38. The number of halogens is 1. The molecule has 7 heteroatoms. The first kappa shape index (κ1) is 17.3. The molecule has 0 fully saturated rings. The monoisotopic (exact) mass is 415 g/mol. The third-order valence-corrected chi connectivity index (χ3v) is 5.18. The van der Waals surface area contributed by atoms with Gasteiger partial charge in [-0.2, -0.15) is 0 Å². The third kappa shape index (κ3) is 4.74. The summed E-state index contributed by atoms with van der Waals surface area (Å²) in [5, 5.41) is 0. The fourth-order valence-electron chi connectivity index (χ4n) is 2.03. The zero-order chi connectivity index (χ0) is 17.7. The van der Waals surface area contributed by atoms with Crippen LogP contribution in [-0.2, 0) is 10.0 Å². The maximum atomic E-state index is 12.3. The fraction of sp³-hybridized carbons (Fsp3) is 0. The highest BCUT2D eigenvalue weighted by Crippen LogP contribution is 2.19. The number of hydrogen-bond acceptors (Lipinski definition) is 4. The lowest BCUT2D eigenvalue weighted by Gasteiger charge is -2.07. The summed E-state index contributed by atoms with van der Waals surface area (Å²) in [6.07, 6.45) is 3.25. The van der Waals surface area contributed by atoms with Crippen molar-refractivity contribution in [1.82, 2.24) is 4.98 Å². The van der Waals surface area contributed by atoms with E-state index in [2.05, 4.69) is 30.6 Å². The highest BCUT2D eigenvalue weighted by molar-refractivity contribution is 9.10. The molecule has 0 atom stereocenters. The van der Waals surface area contributed by atoms with Gasteiger partial charge in [-0.1, -0.05) is 34.1 Å². The molecule has 0 aliphatic carbocycles. The summed E-state index contributed by atoms with van der Waals surface area (Å²) < 4.78 is 28.1. The number of benzene rings is 2. The van der Waals surface area contributed by atoms with Crippen LogP contribution in [-0.4, -0.2) is 19.6 Å². The van der Waals surface area contributed by atoms with Crippen LogP contribution in [0.2, 0.25) is 0 Å². The molecule has 2 aromatic carbocycles. The van der Waals surface area contributed by atoms with E-state index in [1.165, 1.54) is 18.3 Å². The molecule has 0 aliphatic rings. The number of aromatic nitrogens is 1. The van der Waals surface area contributed by atoms with E-state index in [1.54, 1.807) is 36.5 Å². The smallest absolute Gasteiger partial charge is 0.263 e. The van der Waals surface area contributed by atoms with Crippen LogP contribution in [0.25, 0.3) is 0 Å². The third-order valence-electron chi connectivity index (χ3n) is 3.28. The molecule has 1 N–H and O–H groups in total. The van der Waals surface area contributed by atoms with Crippen LogP contribution in [0, 0.1) is 0 Å². The first-order valence-corrected chi connectivity index (χ1v) is 9.64. The number of aliphatic imine (C=N–C) groups is 1. The van der Waals surface area contributed by atoms with Crippen LogP contribution in [0.15, 0.2) is 87.3 Å². The van der Waals surface area contributed by atoms with Crippen molar-refractivity contribution >= 4 is 43.7 Å². The first-order chi connectivity index (χ1) is 12.0. The molecule has 0 amide bonds. The number of sulfonamides is 1. The molecule has 25 heavy (non-hydrogen) atoms. The van der Waals surface area contributed by atoms with Crippen molar-refractivity contribution in [1.29, 1.82) is 0 Å². The van der Waals surface area contributed by atoms with Crippen molar-refractivity contribution in [2.75, 3.05) is 4.72 Å². The lowest BCUT2D eigenvalue weighted by Crippen LogP contribution is -2.13. The minimum atomic E-state index is -3.67. The summed E-state index contributed by atoms with van der Waals surface area (Å²) in [5.41, 5.74) is 1.62. The summed E-state index contributed by atoms with van der Waals surface area (Å²) in [6, 6.07) is 19.1. The van der Waals surface area contributed by atoms with Gasteiger partial charge in [-0.3, -0.25) is 9.71 Å². The van der Waals surface area contributed by atoms with Gasteiger partial charge in [-0.25, -0.2) is 13.4 Å². The van der Waals surface area contributed by atoms with Crippen molar-refractivity contribution in [3.05, 3.63) is 83.0 Å². The molecule has 3 aromatic rings. The van der Waals surface area contributed by atoms with E-state index in [-0.39, 0.29) is 10.7 Å². The predicted molar refractivity (Wildman–Crippen MR) is 103 cm³/mol. The van der Waals surface area contributed by atoms with E-state index in [1.807, 2.05) is 24.3 Å². The number of nitrogens with zero attached hydrogens (tertiary/aromatic N) is 2. The molecule has 3 rings (SSSR count). The van der Waals surface area contributed by atoms with Crippen molar-refractivity contribution in [2.24, 2.45) is 4.99 Å². The number of anilines is 1. The van der Waals surface area contributed by atoms with Crippen LogP contribution in [0.1, 0.15) is 5.56 Å². The summed E-state index contributed by atoms with van der Waals surface area (Å²) in [6.45, 7) is 0. The minimum absolute atomic E-state index is 0.153. The number of nitrogens with one attached hydrogen (secondary N) is 1. The van der Waals surface area contributed by atoms with Gasteiger partial charge in [0.25, 0.3) is 10.0 Å². The molecule has 1 heterocycles. The molecule has 0 saturated carbocycles. The van der Waals surface area contributed by atoms with Crippen molar-refractivity contribution < 1.29 is 8.42 Å². The maximum absolute atomic E-state index is 12.3. The van der Waals surface area contributed by atoms with E-state index < -0.39 is 10.0 Å². The molecule has 0 bridgehead atoms. The number of rotatable bonds is 5. The molecule has 5 nitrogen and oxygen atoms in total. The van der Waals surface area contributed by atoms with Gasteiger partial charge in [0.05, 0.1) is 10.6 Å². The second-order valence-corrected chi connectivity index (χ2v) is 7.72. The molecule has 0 unspecified atom stereocenters. The number of pyridine rings is 1. The van der Waals surface area contributed by atoms with Gasteiger partial charge in [0, 0.05) is 16.9 Å². The molecule has 0 radical (unpaired) electrons. The Morgan fingerprint density at radius 1 is 0.960 bits per heavy atom. The fourth-order valence-corrected chi connectivity index (χ4v) is 3.30. The van der Waals surface area contributed by atoms with Gasteiger partial charge in [0.15, 0.2) is 0 Å². The SMILES string of the molecule is O=S(=O)(Nc1ccccn1)c1ccc(N=Cc2ccc(Br)cc2)cc1. The van der Waals surface area contributed by atoms with E-state index in [4.69, 9.17) is 0 Å². The average molecular weight is 416 g/mol. The van der Waals surface area contributed by atoms with E-state index in [0.717, 1.165) is 10.0 Å². The molecule has 0 saturated heterocycles. The van der Waals surface area contributed by atoms with Crippen molar-refractivity contribution in [2.45, 2.75) is 4.90 Å². The normalized spacial score (nSPS) is 11.6. The summed E-state index contributed by atoms with van der Waals surface area (Å²) in [5.74, 6) is 0.278. The lowest BCUT2D eigenvalue weighted by molar-refractivity contribution is 0.601. The van der Waals surface area contributed by atoms with Gasteiger partial charge < -0.3 is 0 Å². The lowest BCUT2D eigenvalue weighted by atomic mass is 10.2. The predicted octanol–water partition coefficient (Wildman–Crippen LogP) is 4.40. The Kier molecular flexibility index (Phi) is 5.25. The van der Waals surface area contributed by atoms with Crippen molar-refractivity contribution in [3.63, 3.8) is 0 Å². The summed E-state index contributed by atoms with van der Waals surface area (Å²) in [4.78, 5) is 8.46. The van der Waals surface area contributed by atoms with Crippen LogP contribution < -0.4 is 4.72 Å². The molecule has 1 aromatic heterocycles. The Morgan fingerprint density at radius 2 is 1.68 bits per heavy atom. The molecular formula is C18H14BrN3O2S. The molecule has 0 aliphatic heterocycles. The highest BCUT2D eigenvalue weighted by Gasteiger charge is 2.14. The maximum Gasteiger partial charge on any atom is 0.263 e. The first-order valence-electron chi connectivity index (χ1n) is 7.36. The Hall–Kier alpha value is -2.51. The minimum Gasteiger partial charge on any atom is -0.263 e. The quantitative estimate of drug-likeness (QED) is 0.627. The Bertz CT molecular complexity index is 971. The molecule has 126 valence electrons. The van der Waals surface area contributed by atoms with Gasteiger partial charge >= 0.3 is 0 Å². The Balaban J connectivity index is 1.74. The second-order valence-electron chi connectivity index (χ2n) is 5.12. The van der Waals surface area contributed by atoms with Crippen LogP contribution in [0.4, 0.5) is 11.5 Å². The van der Waals surface area contributed by atoms with Crippen LogP contribution in [0.5, 0.6) is 0 Å². The van der Waals surface area contributed by atoms with E-state index >= 15 is 0 Å². The Labute approximate surface area is 154 Å². The summed E-state index contributed by atoms with van der Waals surface area (Å²) in [7, 11) is -3.67. The van der Waals surface area contributed by atoms with Crippen molar-refractivity contribution in [3.8, 4) is 0 Å². The van der Waals surface area contributed by atoms with Gasteiger partial charge in [-0.05, 0) is 54.1 Å². The zero-order valence-corrected chi connectivity index (χ0v) is 15.4. The van der Waals surface area contributed by atoms with Gasteiger partial charge in [-0.15, -0.1) is 0 Å². The average Bonchev–Trinajstić information content (AvgIpc) is 2.62. The highest BCUT2D eigenvalue weighted by atomic mass is 79.9. The number of hydrogen-bond donors (Lipinski definition) is 1. The van der Waals surface area contributed by atoms with Gasteiger partial charge in [0.1, 0.15) is 5.82 Å². The standard InChI is InChI=1S/C18H14BrN3O2S/c19-15-6-4-14(5-7-15)13-21-16-8-10-17(11-9-16)25(23,24)22-18-3-1-2-12-20-18/h1-13H,(H,20,22). The molecular weight excluding hydrogens is 402 g/mol. The largest absolute Gasteiger partial charge is 0.263 e. The Morgan fingerprint density at radius 3 is 2.32 bits per heavy atom. The van der Waals surface area contributed by atoms with E-state index in [9.17, 15) is 8.42 Å². The topological polar surface area (TPSA) is 71.4 Å². The zero-order valence-electron chi connectivity index (χ0n) is 13.0. The van der Waals surface area contributed by atoms with Crippen LogP contribution in [0.3, 0.4) is 0 Å². The van der Waals surface area contributed by atoms with Crippen LogP contribution >= 0.6 is 15.9 Å². The molecule has 0 spiro atoms.